The molecule has 3 aromatic rings. The summed E-state index contributed by atoms with van der Waals surface area (Å²) in [4.78, 5) is 42.3. The van der Waals surface area contributed by atoms with Gasteiger partial charge in [0.05, 0.1) is 23.4 Å². The number of carbonyl (C=O) groups excluding carboxylic acids is 3. The minimum absolute atomic E-state index is 0.0792. The molecule has 0 saturated carbocycles. The fraction of sp³-hybridized carbons (Fsp3) is 0.211. The summed E-state index contributed by atoms with van der Waals surface area (Å²) in [6, 6.07) is 8.44. The number of rotatable bonds is 5. The smallest absolute Gasteiger partial charge is 0.343 e. The van der Waals surface area contributed by atoms with E-state index in [0.717, 1.165) is 0 Å². The highest BCUT2D eigenvalue weighted by atomic mass is 16.5. The number of hydrogen-bond donors (Lipinski definition) is 0. The topological polar surface area (TPSA) is 93.9 Å². The molecule has 0 saturated heterocycles. The van der Waals surface area contributed by atoms with Crippen LogP contribution in [-0.4, -0.2) is 50.4 Å². The number of hydrogen-bond acceptors (Lipinski definition) is 6. The highest BCUT2D eigenvalue weighted by Crippen LogP contribution is 2.22. The Morgan fingerprint density at radius 1 is 1.11 bits per heavy atom. The van der Waals surface area contributed by atoms with Crippen LogP contribution in [0.5, 0.6) is 0 Å². The van der Waals surface area contributed by atoms with Crippen molar-refractivity contribution in [3.05, 3.63) is 65.1 Å². The molecule has 0 unspecified atom stereocenters. The van der Waals surface area contributed by atoms with Crippen LogP contribution in [0.1, 0.15) is 43.2 Å². The number of nitrogens with zero attached hydrogens (tertiary/aromatic N) is 4. The van der Waals surface area contributed by atoms with E-state index in [2.05, 4.69) is 10.1 Å². The first kappa shape index (κ1) is 16.9. The molecule has 2 amide bonds. The average Bonchev–Trinajstić information content (AvgIpc) is 3.13. The molecule has 3 heterocycles. The number of benzene rings is 1. The van der Waals surface area contributed by atoms with Crippen LogP contribution in [0, 0.1) is 6.92 Å². The van der Waals surface area contributed by atoms with E-state index >= 15 is 0 Å². The molecule has 0 radical (unpaired) electrons. The zero-order valence-corrected chi connectivity index (χ0v) is 14.6. The molecule has 8 nitrogen and oxygen atoms in total. The monoisotopic (exact) mass is 364 g/mol. The fourth-order valence-electron chi connectivity index (χ4n) is 3.14. The number of carbonyl (C=O) groups is 3. The van der Waals surface area contributed by atoms with Crippen LogP contribution >= 0.6 is 0 Å². The lowest BCUT2D eigenvalue weighted by Crippen LogP contribution is -2.31. The standard InChI is InChI=1S/C19H16N4O4/c1-12-15(16-20-8-4-10-23(16)21-12)19(26)27-11-5-9-22-17(24)13-6-2-3-7-14(13)18(22)25/h2-4,6-8,10H,5,9,11H2,1H3. The molecule has 0 aliphatic carbocycles. The molecule has 1 aliphatic rings. The number of aromatic nitrogens is 3. The largest absolute Gasteiger partial charge is 0.462 e. The van der Waals surface area contributed by atoms with Gasteiger partial charge >= 0.3 is 5.97 Å². The lowest BCUT2D eigenvalue weighted by Gasteiger charge is -2.13. The summed E-state index contributed by atoms with van der Waals surface area (Å²) in [5, 5.41) is 4.22. The van der Waals surface area contributed by atoms with E-state index in [4.69, 9.17) is 4.74 Å². The minimum atomic E-state index is -0.524. The molecule has 8 heteroatoms. The van der Waals surface area contributed by atoms with Crippen molar-refractivity contribution < 1.29 is 19.1 Å². The number of ether oxygens (including phenoxy) is 1. The van der Waals surface area contributed by atoms with Gasteiger partial charge in [-0.1, -0.05) is 12.1 Å². The van der Waals surface area contributed by atoms with Crippen molar-refractivity contribution in [3.8, 4) is 0 Å². The number of amides is 2. The van der Waals surface area contributed by atoms with Crippen LogP contribution in [0.3, 0.4) is 0 Å². The van der Waals surface area contributed by atoms with Crippen LogP contribution in [-0.2, 0) is 4.74 Å². The van der Waals surface area contributed by atoms with Crippen LogP contribution < -0.4 is 0 Å². The minimum Gasteiger partial charge on any atom is -0.462 e. The average molecular weight is 364 g/mol. The van der Waals surface area contributed by atoms with Crippen molar-refractivity contribution in [1.82, 2.24) is 19.5 Å². The van der Waals surface area contributed by atoms with Gasteiger partial charge in [0, 0.05) is 18.9 Å². The molecular formula is C19H16N4O4. The maximum absolute atomic E-state index is 12.4. The third-order valence-electron chi connectivity index (χ3n) is 4.41. The van der Waals surface area contributed by atoms with E-state index in [1.165, 1.54) is 9.42 Å². The highest BCUT2D eigenvalue weighted by molar-refractivity contribution is 6.21. The Bertz CT molecular complexity index is 1040. The fourth-order valence-corrected chi connectivity index (χ4v) is 3.14. The molecule has 27 heavy (non-hydrogen) atoms. The molecule has 1 aromatic carbocycles. The van der Waals surface area contributed by atoms with Crippen LogP contribution in [0.4, 0.5) is 0 Å². The van der Waals surface area contributed by atoms with Crippen LogP contribution in [0.2, 0.25) is 0 Å². The number of imide groups is 1. The zero-order chi connectivity index (χ0) is 19.0. The SMILES string of the molecule is Cc1nn2cccnc2c1C(=O)OCCCN1C(=O)c2ccccc2C1=O. The molecule has 4 rings (SSSR count). The molecule has 1 aliphatic heterocycles. The summed E-state index contributed by atoms with van der Waals surface area (Å²) in [6.07, 6.45) is 3.63. The third-order valence-corrected chi connectivity index (χ3v) is 4.41. The van der Waals surface area contributed by atoms with Gasteiger partial charge in [-0.2, -0.15) is 5.10 Å². The molecule has 2 aromatic heterocycles. The van der Waals surface area contributed by atoms with Crippen LogP contribution in [0.15, 0.2) is 42.7 Å². The van der Waals surface area contributed by atoms with E-state index < -0.39 is 5.97 Å². The van der Waals surface area contributed by atoms with Crippen molar-refractivity contribution in [1.29, 1.82) is 0 Å². The van der Waals surface area contributed by atoms with E-state index in [9.17, 15) is 14.4 Å². The number of fused-ring (bicyclic) bond motifs is 2. The van der Waals surface area contributed by atoms with Gasteiger partial charge in [0.1, 0.15) is 5.56 Å². The van der Waals surface area contributed by atoms with Crippen molar-refractivity contribution in [2.75, 3.05) is 13.2 Å². The van der Waals surface area contributed by atoms with E-state index in [1.807, 2.05) is 0 Å². The van der Waals surface area contributed by atoms with E-state index in [1.54, 1.807) is 49.6 Å². The second kappa shape index (κ2) is 6.64. The Labute approximate surface area is 154 Å². The molecule has 0 bridgehead atoms. The number of aryl methyl sites for hydroxylation is 1. The summed E-state index contributed by atoms with van der Waals surface area (Å²) in [6.45, 7) is 1.98. The van der Waals surface area contributed by atoms with Crippen LogP contribution in [0.25, 0.3) is 5.65 Å². The second-order valence-electron chi connectivity index (χ2n) is 6.15. The summed E-state index contributed by atoms with van der Waals surface area (Å²) >= 11 is 0. The number of esters is 1. The maximum Gasteiger partial charge on any atom is 0.343 e. The molecule has 0 fully saturated rings. The van der Waals surface area contributed by atoms with Gasteiger partial charge in [0.2, 0.25) is 0 Å². The molecular weight excluding hydrogens is 348 g/mol. The van der Waals surface area contributed by atoms with E-state index in [0.29, 0.717) is 34.5 Å². The van der Waals surface area contributed by atoms with Gasteiger partial charge in [-0.3, -0.25) is 14.5 Å². The van der Waals surface area contributed by atoms with Gasteiger partial charge in [0.25, 0.3) is 11.8 Å². The molecule has 136 valence electrons. The highest BCUT2D eigenvalue weighted by Gasteiger charge is 2.34. The summed E-state index contributed by atoms with van der Waals surface area (Å²) in [5.74, 6) is -1.15. The van der Waals surface area contributed by atoms with E-state index in [-0.39, 0.29) is 25.0 Å². The van der Waals surface area contributed by atoms with Gasteiger partial charge < -0.3 is 4.74 Å². The summed E-state index contributed by atoms with van der Waals surface area (Å²) in [5.41, 5.74) is 2.09. The van der Waals surface area contributed by atoms with Gasteiger partial charge in [-0.15, -0.1) is 0 Å². The predicted molar refractivity (Wildman–Crippen MR) is 94.4 cm³/mol. The predicted octanol–water partition coefficient (Wildman–Crippen LogP) is 1.88. The Morgan fingerprint density at radius 3 is 2.52 bits per heavy atom. The van der Waals surface area contributed by atoms with Crippen molar-refractivity contribution in [2.45, 2.75) is 13.3 Å². The Kier molecular flexibility index (Phi) is 4.15. The van der Waals surface area contributed by atoms with Crippen molar-refractivity contribution in [2.24, 2.45) is 0 Å². The lowest BCUT2D eigenvalue weighted by atomic mass is 10.1. The third kappa shape index (κ3) is 2.84. The van der Waals surface area contributed by atoms with Gasteiger partial charge in [0.15, 0.2) is 5.65 Å². The first-order chi connectivity index (χ1) is 13.1. The zero-order valence-electron chi connectivity index (χ0n) is 14.6. The molecule has 0 spiro atoms. The first-order valence-corrected chi connectivity index (χ1v) is 8.50. The normalized spacial score (nSPS) is 13.3. The van der Waals surface area contributed by atoms with Crippen molar-refractivity contribution in [3.63, 3.8) is 0 Å². The van der Waals surface area contributed by atoms with Gasteiger partial charge in [-0.05, 0) is 31.5 Å². The Hall–Kier alpha value is -3.55. The Morgan fingerprint density at radius 2 is 1.81 bits per heavy atom. The molecule has 0 N–H and O–H groups in total. The first-order valence-electron chi connectivity index (χ1n) is 8.50. The molecule has 0 atom stereocenters. The summed E-state index contributed by atoms with van der Waals surface area (Å²) < 4.78 is 6.82. The lowest BCUT2D eigenvalue weighted by molar-refractivity contribution is 0.0483. The second-order valence-corrected chi connectivity index (χ2v) is 6.15. The quantitative estimate of drug-likeness (QED) is 0.390. The Balaban J connectivity index is 1.37. The summed E-state index contributed by atoms with van der Waals surface area (Å²) in [7, 11) is 0. The maximum atomic E-state index is 12.4. The van der Waals surface area contributed by atoms with Gasteiger partial charge in [-0.25, -0.2) is 14.3 Å². The van der Waals surface area contributed by atoms with Crippen molar-refractivity contribution >= 4 is 23.4 Å².